The van der Waals surface area contributed by atoms with E-state index in [9.17, 15) is 8.42 Å². The Bertz CT molecular complexity index is 640. The average molecular weight is 293 g/mol. The normalized spacial score (nSPS) is 12.1. The minimum absolute atomic E-state index is 0.0865. The van der Waals surface area contributed by atoms with Crippen molar-refractivity contribution in [2.75, 3.05) is 11.5 Å². The summed E-state index contributed by atoms with van der Waals surface area (Å²) in [6, 6.07) is 1.83. The van der Waals surface area contributed by atoms with Crippen molar-refractivity contribution >= 4 is 37.3 Å². The van der Waals surface area contributed by atoms with Gasteiger partial charge in [-0.1, -0.05) is 0 Å². The number of rotatable bonds is 4. The van der Waals surface area contributed by atoms with E-state index in [0.29, 0.717) is 11.5 Å². The van der Waals surface area contributed by atoms with E-state index in [2.05, 4.69) is 15.1 Å². The van der Waals surface area contributed by atoms with Gasteiger partial charge < -0.3 is 0 Å². The van der Waals surface area contributed by atoms with Crippen LogP contribution in [-0.2, 0) is 9.05 Å². The zero-order valence-corrected chi connectivity index (χ0v) is 11.3. The molecule has 92 valence electrons. The van der Waals surface area contributed by atoms with Crippen molar-refractivity contribution in [1.29, 1.82) is 0 Å². The van der Waals surface area contributed by atoms with E-state index in [0.717, 1.165) is 10.7 Å². The molecule has 9 heteroatoms. The summed E-state index contributed by atoms with van der Waals surface area (Å²) in [6.07, 6.45) is 1.41. The topological polar surface area (TPSA) is 77.2 Å². The van der Waals surface area contributed by atoms with Crippen LogP contribution in [0.4, 0.5) is 0 Å². The standard InChI is InChI=1S/C8H9ClN4O2S2/c1-6-4-7(16-2-3-17(9,14)15)13-8(12-6)10-5-11-13/h4-5H,2-3H2,1H3. The molecule has 0 unspecified atom stereocenters. The average Bonchev–Trinajstić information content (AvgIpc) is 2.63. The lowest BCUT2D eigenvalue weighted by molar-refractivity contribution is 0.611. The van der Waals surface area contributed by atoms with Crippen molar-refractivity contribution in [3.63, 3.8) is 0 Å². The molecule has 2 rings (SSSR count). The Kier molecular flexibility index (Phi) is 3.55. The maximum absolute atomic E-state index is 10.8. The van der Waals surface area contributed by atoms with Crippen LogP contribution in [0.3, 0.4) is 0 Å². The van der Waals surface area contributed by atoms with Gasteiger partial charge in [-0.05, 0) is 13.0 Å². The van der Waals surface area contributed by atoms with Gasteiger partial charge in [0, 0.05) is 22.1 Å². The zero-order chi connectivity index (χ0) is 12.5. The summed E-state index contributed by atoms with van der Waals surface area (Å²) in [7, 11) is 1.69. The van der Waals surface area contributed by atoms with Crippen molar-refractivity contribution in [3.8, 4) is 0 Å². The minimum Gasteiger partial charge on any atom is -0.216 e. The Balaban J connectivity index is 2.20. The van der Waals surface area contributed by atoms with Crippen molar-refractivity contribution < 1.29 is 8.42 Å². The smallest absolute Gasteiger partial charge is 0.216 e. The van der Waals surface area contributed by atoms with Crippen LogP contribution in [0.25, 0.3) is 5.78 Å². The second-order valence-electron chi connectivity index (χ2n) is 3.30. The maximum atomic E-state index is 10.8. The predicted molar refractivity (Wildman–Crippen MR) is 65.9 cm³/mol. The number of thioether (sulfide) groups is 1. The summed E-state index contributed by atoms with van der Waals surface area (Å²) >= 11 is 1.35. The molecule has 17 heavy (non-hydrogen) atoms. The zero-order valence-electron chi connectivity index (χ0n) is 8.87. The van der Waals surface area contributed by atoms with Gasteiger partial charge in [-0.25, -0.2) is 13.4 Å². The van der Waals surface area contributed by atoms with Gasteiger partial charge in [-0.3, -0.25) is 0 Å². The summed E-state index contributed by atoms with van der Waals surface area (Å²) in [6.45, 7) is 1.84. The van der Waals surface area contributed by atoms with Gasteiger partial charge in [-0.15, -0.1) is 11.8 Å². The molecule has 0 bridgehead atoms. The number of hydrogen-bond acceptors (Lipinski definition) is 6. The number of nitrogens with zero attached hydrogens (tertiary/aromatic N) is 4. The highest BCUT2D eigenvalue weighted by atomic mass is 35.7. The van der Waals surface area contributed by atoms with Crippen LogP contribution >= 0.6 is 22.4 Å². The summed E-state index contributed by atoms with van der Waals surface area (Å²) in [5, 5.41) is 4.81. The first-order chi connectivity index (χ1) is 7.96. The lowest BCUT2D eigenvalue weighted by atomic mass is 10.5. The molecule has 0 radical (unpaired) electrons. The molecule has 0 aliphatic carbocycles. The predicted octanol–water partition coefficient (Wildman–Crippen LogP) is 1.09. The van der Waals surface area contributed by atoms with Crippen molar-refractivity contribution in [3.05, 3.63) is 18.1 Å². The van der Waals surface area contributed by atoms with E-state index in [1.165, 1.54) is 18.1 Å². The third-order valence-electron chi connectivity index (χ3n) is 1.92. The fourth-order valence-corrected chi connectivity index (χ4v) is 3.66. The monoisotopic (exact) mass is 292 g/mol. The second kappa shape index (κ2) is 4.79. The quantitative estimate of drug-likeness (QED) is 0.477. The van der Waals surface area contributed by atoms with Gasteiger partial charge in [-0.2, -0.15) is 14.6 Å². The van der Waals surface area contributed by atoms with E-state index in [-0.39, 0.29) is 5.75 Å². The van der Waals surface area contributed by atoms with Gasteiger partial charge >= 0.3 is 0 Å². The number of halogens is 1. The van der Waals surface area contributed by atoms with Crippen LogP contribution in [0.1, 0.15) is 5.69 Å². The van der Waals surface area contributed by atoms with Crippen LogP contribution in [-0.4, -0.2) is 39.5 Å². The van der Waals surface area contributed by atoms with E-state index in [4.69, 9.17) is 10.7 Å². The van der Waals surface area contributed by atoms with Crippen LogP contribution in [0.5, 0.6) is 0 Å². The summed E-state index contributed by atoms with van der Waals surface area (Å²) in [4.78, 5) is 8.16. The second-order valence-corrected chi connectivity index (χ2v) is 7.31. The third-order valence-corrected chi connectivity index (χ3v) is 4.33. The number of fused-ring (bicyclic) bond motifs is 1. The highest BCUT2D eigenvalue weighted by molar-refractivity contribution is 8.14. The third kappa shape index (κ3) is 3.30. The Morgan fingerprint density at radius 2 is 2.29 bits per heavy atom. The van der Waals surface area contributed by atoms with Gasteiger partial charge in [0.25, 0.3) is 5.78 Å². The molecule has 0 spiro atoms. The number of hydrogen-bond donors (Lipinski definition) is 0. The molecular weight excluding hydrogens is 284 g/mol. The van der Waals surface area contributed by atoms with E-state index in [1.54, 1.807) is 4.52 Å². The van der Waals surface area contributed by atoms with Crippen LogP contribution in [0.15, 0.2) is 17.4 Å². The summed E-state index contributed by atoms with van der Waals surface area (Å²) in [5.74, 6) is 0.780. The first-order valence-electron chi connectivity index (χ1n) is 4.68. The molecule has 0 saturated heterocycles. The fraction of sp³-hybridized carbons (Fsp3) is 0.375. The Morgan fingerprint density at radius 3 is 3.00 bits per heavy atom. The fourth-order valence-electron chi connectivity index (χ4n) is 1.25. The molecule has 0 N–H and O–H groups in total. The molecule has 0 saturated carbocycles. The molecule has 0 amide bonds. The first-order valence-corrected chi connectivity index (χ1v) is 8.14. The van der Waals surface area contributed by atoms with E-state index in [1.807, 2.05) is 13.0 Å². The largest absolute Gasteiger partial charge is 0.253 e. The van der Waals surface area contributed by atoms with Gasteiger partial charge in [0.05, 0.1) is 5.75 Å². The van der Waals surface area contributed by atoms with E-state index < -0.39 is 9.05 Å². The molecule has 0 atom stereocenters. The van der Waals surface area contributed by atoms with Crippen molar-refractivity contribution in [2.24, 2.45) is 0 Å². The molecule has 0 aliphatic rings. The number of aryl methyl sites for hydroxylation is 1. The Hall–Kier alpha value is -0.860. The van der Waals surface area contributed by atoms with Gasteiger partial charge in [0.2, 0.25) is 9.05 Å². The van der Waals surface area contributed by atoms with Crippen LogP contribution in [0.2, 0.25) is 0 Å². The Morgan fingerprint density at radius 1 is 1.53 bits per heavy atom. The molecule has 2 aromatic heterocycles. The van der Waals surface area contributed by atoms with Gasteiger partial charge in [0.15, 0.2) is 0 Å². The molecule has 6 nitrogen and oxygen atoms in total. The lowest BCUT2D eigenvalue weighted by Gasteiger charge is -2.03. The molecule has 2 aromatic rings. The highest BCUT2D eigenvalue weighted by Gasteiger charge is 2.09. The molecule has 0 aromatic carbocycles. The molecule has 2 heterocycles. The highest BCUT2D eigenvalue weighted by Crippen LogP contribution is 2.19. The van der Waals surface area contributed by atoms with E-state index >= 15 is 0 Å². The lowest BCUT2D eigenvalue weighted by Crippen LogP contribution is -2.02. The SMILES string of the molecule is Cc1cc(SCCS(=O)(=O)Cl)n2ncnc2n1. The van der Waals surface area contributed by atoms with Crippen molar-refractivity contribution in [2.45, 2.75) is 11.9 Å². The molecule has 0 aliphatic heterocycles. The van der Waals surface area contributed by atoms with Crippen molar-refractivity contribution in [1.82, 2.24) is 19.6 Å². The molecule has 0 fully saturated rings. The van der Waals surface area contributed by atoms with Gasteiger partial charge in [0.1, 0.15) is 11.4 Å². The molecular formula is C8H9ClN4O2S2. The first kappa shape index (κ1) is 12.6. The number of aromatic nitrogens is 4. The summed E-state index contributed by atoms with van der Waals surface area (Å²) in [5.41, 5.74) is 0.807. The summed E-state index contributed by atoms with van der Waals surface area (Å²) < 4.78 is 23.2. The maximum Gasteiger partial charge on any atom is 0.253 e. The Labute approximate surface area is 107 Å². The van der Waals surface area contributed by atoms with Crippen LogP contribution in [0, 0.1) is 6.92 Å². The minimum atomic E-state index is -3.45. The van der Waals surface area contributed by atoms with Crippen LogP contribution < -0.4 is 0 Å².